The lowest BCUT2D eigenvalue weighted by atomic mass is 10.1. The van der Waals surface area contributed by atoms with Gasteiger partial charge in [0, 0.05) is 0 Å². The van der Waals surface area contributed by atoms with E-state index in [9.17, 15) is 9.59 Å². The molecule has 0 saturated heterocycles. The van der Waals surface area contributed by atoms with Crippen LogP contribution in [0.15, 0.2) is 24.3 Å². The van der Waals surface area contributed by atoms with Gasteiger partial charge in [-0.3, -0.25) is 4.89 Å². The molecule has 0 fully saturated rings. The predicted molar refractivity (Wildman–Crippen MR) is 58.4 cm³/mol. The molecule has 18 heavy (non-hydrogen) atoms. The number of esters is 1. The molecule has 6 heteroatoms. The molecule has 1 aromatic rings. The van der Waals surface area contributed by atoms with Gasteiger partial charge in [0.2, 0.25) is 0 Å². The lowest BCUT2D eigenvalue weighted by Gasteiger charge is -2.07. The van der Waals surface area contributed by atoms with Crippen molar-refractivity contribution in [3.05, 3.63) is 35.4 Å². The van der Waals surface area contributed by atoms with Crippen LogP contribution in [0.4, 0.5) is 0 Å². The summed E-state index contributed by atoms with van der Waals surface area (Å²) in [7, 11) is 0. The van der Waals surface area contributed by atoms with E-state index in [1.54, 1.807) is 0 Å². The first kappa shape index (κ1) is 12.5. The molecule has 6 nitrogen and oxygen atoms in total. The van der Waals surface area contributed by atoms with E-state index in [2.05, 4.69) is 14.8 Å². The number of hydrogen-bond donors (Lipinski definition) is 0. The smallest absolute Gasteiger partial charge is 0.376 e. The predicted octanol–water partition coefficient (Wildman–Crippen LogP) is 1.66. The quantitative estimate of drug-likeness (QED) is 0.516. The topological polar surface area (TPSA) is 71.1 Å². The number of carbonyl (C=O) groups is 2. The van der Waals surface area contributed by atoms with E-state index in [0.29, 0.717) is 25.0 Å². The summed E-state index contributed by atoms with van der Waals surface area (Å²) in [5.41, 5.74) is 0.646. The number of fused-ring (bicyclic) bond motifs is 11. The first-order chi connectivity index (χ1) is 8.77. The second-order valence-corrected chi connectivity index (χ2v) is 3.68. The van der Waals surface area contributed by atoms with Gasteiger partial charge in [-0.05, 0) is 42.1 Å². The lowest BCUT2D eigenvalue weighted by Crippen LogP contribution is -2.11. The average Bonchev–Trinajstić information content (AvgIpc) is 2.40. The summed E-state index contributed by atoms with van der Waals surface area (Å²) in [5.74, 6) is -1.10. The zero-order valence-corrected chi connectivity index (χ0v) is 9.59. The number of benzene rings is 1. The largest absolute Gasteiger partial charge is 0.462 e. The van der Waals surface area contributed by atoms with Crippen LogP contribution >= 0.6 is 0 Å². The van der Waals surface area contributed by atoms with E-state index in [-0.39, 0.29) is 12.2 Å². The Labute approximate surface area is 103 Å². The van der Waals surface area contributed by atoms with Gasteiger partial charge in [0.15, 0.2) is 0 Å². The van der Waals surface area contributed by atoms with E-state index in [4.69, 9.17) is 4.74 Å². The van der Waals surface area contributed by atoms with Crippen LogP contribution in [-0.2, 0) is 19.6 Å². The van der Waals surface area contributed by atoms with Crippen molar-refractivity contribution in [2.75, 3.05) is 13.2 Å². The van der Waals surface area contributed by atoms with Crippen molar-refractivity contribution in [3.63, 3.8) is 0 Å². The minimum atomic E-state index is -0.688. The van der Waals surface area contributed by atoms with Gasteiger partial charge < -0.3 is 4.74 Å². The zero-order valence-electron chi connectivity index (χ0n) is 9.59. The SMILES string of the molecule is O=C1OCCCCOOOC(=O)c2ccc1cc2. The molecule has 0 spiro atoms. The molecule has 0 atom stereocenters. The first-order valence-electron chi connectivity index (χ1n) is 5.55. The molecule has 2 aliphatic heterocycles. The minimum Gasteiger partial charge on any atom is -0.462 e. The number of hydrogen-bond acceptors (Lipinski definition) is 6. The van der Waals surface area contributed by atoms with E-state index in [1.165, 1.54) is 24.3 Å². The molecule has 2 aliphatic rings. The molecule has 2 bridgehead atoms. The van der Waals surface area contributed by atoms with Crippen LogP contribution < -0.4 is 0 Å². The van der Waals surface area contributed by atoms with Gasteiger partial charge in [0.05, 0.1) is 24.3 Å². The van der Waals surface area contributed by atoms with Crippen molar-refractivity contribution in [2.45, 2.75) is 12.8 Å². The molecule has 0 radical (unpaired) electrons. The standard InChI is InChI=1S/C12H12O6/c13-11-9-3-5-10(6-4-9)12(14)17-18-16-8-2-1-7-15-11/h3-6H,1-2,7-8H2. The monoisotopic (exact) mass is 252 g/mol. The van der Waals surface area contributed by atoms with Crippen molar-refractivity contribution in [1.82, 2.24) is 0 Å². The average molecular weight is 252 g/mol. The van der Waals surface area contributed by atoms with E-state index in [1.807, 2.05) is 0 Å². The highest BCUT2D eigenvalue weighted by atomic mass is 17.5. The Morgan fingerprint density at radius 2 is 1.44 bits per heavy atom. The van der Waals surface area contributed by atoms with Crippen molar-refractivity contribution >= 4 is 11.9 Å². The molecule has 0 saturated carbocycles. The van der Waals surface area contributed by atoms with Crippen LogP contribution in [0.1, 0.15) is 33.6 Å². The van der Waals surface area contributed by atoms with Crippen LogP contribution in [-0.4, -0.2) is 25.2 Å². The summed E-state index contributed by atoms with van der Waals surface area (Å²) in [4.78, 5) is 32.1. The van der Waals surface area contributed by atoms with Gasteiger partial charge in [0.1, 0.15) is 0 Å². The summed E-state index contributed by atoms with van der Waals surface area (Å²) in [5, 5.41) is 4.31. The summed E-state index contributed by atoms with van der Waals surface area (Å²) in [6, 6.07) is 5.89. The molecular formula is C12H12O6. The third kappa shape index (κ3) is 3.28. The second kappa shape index (κ2) is 6.13. The highest BCUT2D eigenvalue weighted by Crippen LogP contribution is 2.09. The fraction of sp³-hybridized carbons (Fsp3) is 0.333. The maximum Gasteiger partial charge on any atom is 0.376 e. The molecular weight excluding hydrogens is 240 g/mol. The number of ether oxygens (including phenoxy) is 1. The van der Waals surface area contributed by atoms with Gasteiger partial charge in [-0.1, -0.05) is 0 Å². The fourth-order valence-corrected chi connectivity index (χ4v) is 1.39. The third-order valence-electron chi connectivity index (χ3n) is 2.37. The molecule has 0 amide bonds. The molecule has 2 heterocycles. The fourth-order valence-electron chi connectivity index (χ4n) is 1.39. The molecule has 96 valence electrons. The number of carbonyl (C=O) groups excluding carboxylic acids is 2. The summed E-state index contributed by atoms with van der Waals surface area (Å²) < 4.78 is 5.04. The highest BCUT2D eigenvalue weighted by molar-refractivity contribution is 5.93. The van der Waals surface area contributed by atoms with Crippen molar-refractivity contribution in [2.24, 2.45) is 0 Å². The van der Waals surface area contributed by atoms with Gasteiger partial charge in [-0.15, -0.1) is 0 Å². The summed E-state index contributed by atoms with van der Waals surface area (Å²) >= 11 is 0. The molecule has 0 aromatic heterocycles. The highest BCUT2D eigenvalue weighted by Gasteiger charge is 2.12. The van der Waals surface area contributed by atoms with Crippen molar-refractivity contribution in [3.8, 4) is 0 Å². The second-order valence-electron chi connectivity index (χ2n) is 3.68. The van der Waals surface area contributed by atoms with E-state index >= 15 is 0 Å². The maximum atomic E-state index is 11.6. The minimum absolute atomic E-state index is 0.252. The normalized spacial score (nSPS) is 17.8. The Bertz CT molecular complexity index is 384. The van der Waals surface area contributed by atoms with Crippen LogP contribution in [0, 0.1) is 0 Å². The van der Waals surface area contributed by atoms with Crippen LogP contribution in [0.5, 0.6) is 0 Å². The first-order valence-corrected chi connectivity index (χ1v) is 5.55. The van der Waals surface area contributed by atoms with Crippen LogP contribution in [0.25, 0.3) is 0 Å². The maximum absolute atomic E-state index is 11.6. The molecule has 3 rings (SSSR count). The van der Waals surface area contributed by atoms with Gasteiger partial charge >= 0.3 is 11.9 Å². The lowest BCUT2D eigenvalue weighted by molar-refractivity contribution is -0.481. The van der Waals surface area contributed by atoms with Gasteiger partial charge in [-0.2, -0.15) is 4.89 Å². The Hall–Kier alpha value is -1.92. The zero-order chi connectivity index (χ0) is 12.8. The Kier molecular flexibility index (Phi) is 4.27. The third-order valence-corrected chi connectivity index (χ3v) is 2.37. The molecule has 0 unspecified atom stereocenters. The van der Waals surface area contributed by atoms with Crippen LogP contribution in [0.3, 0.4) is 0 Å². The Morgan fingerprint density at radius 1 is 0.833 bits per heavy atom. The van der Waals surface area contributed by atoms with E-state index < -0.39 is 11.9 Å². The Morgan fingerprint density at radius 3 is 2.17 bits per heavy atom. The van der Waals surface area contributed by atoms with Crippen LogP contribution in [0.2, 0.25) is 0 Å². The summed E-state index contributed by atoms with van der Waals surface area (Å²) in [6.07, 6.45) is 1.27. The summed E-state index contributed by atoms with van der Waals surface area (Å²) in [6.45, 7) is 0.562. The van der Waals surface area contributed by atoms with Gasteiger partial charge in [-0.25, -0.2) is 9.59 Å². The molecule has 0 aliphatic carbocycles. The van der Waals surface area contributed by atoms with Gasteiger partial charge in [0.25, 0.3) is 0 Å². The molecule has 1 aromatic carbocycles. The van der Waals surface area contributed by atoms with Crippen molar-refractivity contribution < 1.29 is 29.1 Å². The Balaban J connectivity index is 2.13. The van der Waals surface area contributed by atoms with Crippen molar-refractivity contribution in [1.29, 1.82) is 0 Å². The van der Waals surface area contributed by atoms with E-state index in [0.717, 1.165) is 0 Å². The molecule has 0 N–H and O–H groups in total. The number of rotatable bonds is 0.